The number of carboxylic acids is 1. The molecule has 0 heterocycles. The number of carbonyl (C=O) groups excluding carboxylic acids is 2. The monoisotopic (exact) mass is 318 g/mol. The van der Waals surface area contributed by atoms with Crippen LogP contribution in [0.1, 0.15) is 22.3 Å². The molecule has 6 nitrogen and oxygen atoms in total. The first kappa shape index (κ1) is 17.5. The Morgan fingerprint density at radius 1 is 1.18 bits per heavy atom. The molecule has 120 valence electrons. The van der Waals surface area contributed by atoms with Crippen molar-refractivity contribution in [1.82, 2.24) is 5.32 Å². The number of hydrogen-bond donors (Lipinski definition) is 3. The van der Waals surface area contributed by atoms with E-state index in [4.69, 9.17) is 5.11 Å². The standard InChI is InChI=1S/C13H13F3N2O4/c1-7-2-3-9(8(4-7)12(21)22)18-11(20)5-10(19)17-6-13(14,15)16/h2-4H,5-6H2,1H3,(H,17,19)(H,18,20)(H,21,22). The first-order chi connectivity index (χ1) is 10.1. The Hall–Kier alpha value is -2.58. The van der Waals surface area contributed by atoms with Crippen LogP contribution in [0.4, 0.5) is 18.9 Å². The predicted molar refractivity (Wildman–Crippen MR) is 70.4 cm³/mol. The average molecular weight is 318 g/mol. The summed E-state index contributed by atoms with van der Waals surface area (Å²) in [5.41, 5.74) is 0.439. The quantitative estimate of drug-likeness (QED) is 0.720. The van der Waals surface area contributed by atoms with Gasteiger partial charge in [0.2, 0.25) is 11.8 Å². The molecule has 0 atom stereocenters. The molecule has 0 spiro atoms. The maximum atomic E-state index is 11.9. The summed E-state index contributed by atoms with van der Waals surface area (Å²) in [5.74, 6) is -3.30. The van der Waals surface area contributed by atoms with Crippen molar-refractivity contribution < 1.29 is 32.7 Å². The van der Waals surface area contributed by atoms with Crippen molar-refractivity contribution in [3.63, 3.8) is 0 Å². The molecule has 0 unspecified atom stereocenters. The van der Waals surface area contributed by atoms with E-state index in [0.717, 1.165) is 0 Å². The maximum Gasteiger partial charge on any atom is 0.405 e. The van der Waals surface area contributed by atoms with Crippen molar-refractivity contribution >= 4 is 23.5 Å². The summed E-state index contributed by atoms with van der Waals surface area (Å²) >= 11 is 0. The zero-order valence-corrected chi connectivity index (χ0v) is 11.5. The van der Waals surface area contributed by atoms with E-state index in [-0.39, 0.29) is 11.3 Å². The molecule has 0 fully saturated rings. The van der Waals surface area contributed by atoms with Gasteiger partial charge < -0.3 is 15.7 Å². The number of amides is 2. The Balaban J connectivity index is 2.66. The number of carbonyl (C=O) groups is 3. The number of carboxylic acid groups (broad SMARTS) is 1. The third-order valence-electron chi connectivity index (χ3n) is 2.49. The van der Waals surface area contributed by atoms with Crippen LogP contribution in [-0.4, -0.2) is 35.6 Å². The first-order valence-corrected chi connectivity index (χ1v) is 6.06. The Labute approximate surface area is 123 Å². The van der Waals surface area contributed by atoms with Crippen LogP contribution < -0.4 is 10.6 Å². The van der Waals surface area contributed by atoms with Crippen LogP contribution in [0.25, 0.3) is 0 Å². The number of halogens is 3. The lowest BCUT2D eigenvalue weighted by Gasteiger charge is -2.10. The molecular formula is C13H13F3N2O4. The maximum absolute atomic E-state index is 11.9. The number of aryl methyl sites for hydroxylation is 1. The fraction of sp³-hybridized carbons (Fsp3) is 0.308. The SMILES string of the molecule is Cc1ccc(NC(=O)CC(=O)NCC(F)(F)F)c(C(=O)O)c1. The molecule has 1 aromatic rings. The van der Waals surface area contributed by atoms with E-state index >= 15 is 0 Å². The summed E-state index contributed by atoms with van der Waals surface area (Å²) < 4.78 is 35.7. The summed E-state index contributed by atoms with van der Waals surface area (Å²) in [6.45, 7) is 0.118. The van der Waals surface area contributed by atoms with E-state index in [9.17, 15) is 27.6 Å². The van der Waals surface area contributed by atoms with Crippen molar-refractivity contribution in [2.75, 3.05) is 11.9 Å². The number of hydrogen-bond acceptors (Lipinski definition) is 3. The minimum Gasteiger partial charge on any atom is -0.478 e. The van der Waals surface area contributed by atoms with Gasteiger partial charge in [-0.2, -0.15) is 13.2 Å². The molecular weight excluding hydrogens is 305 g/mol. The second kappa shape index (κ2) is 6.92. The van der Waals surface area contributed by atoms with E-state index in [1.165, 1.54) is 12.1 Å². The molecule has 22 heavy (non-hydrogen) atoms. The summed E-state index contributed by atoms with van der Waals surface area (Å²) in [6, 6.07) is 4.21. The highest BCUT2D eigenvalue weighted by Crippen LogP contribution is 2.17. The lowest BCUT2D eigenvalue weighted by molar-refractivity contribution is -0.140. The summed E-state index contributed by atoms with van der Waals surface area (Å²) in [5, 5.41) is 12.7. The van der Waals surface area contributed by atoms with Crippen LogP contribution in [0.15, 0.2) is 18.2 Å². The van der Waals surface area contributed by atoms with Crippen LogP contribution >= 0.6 is 0 Å². The van der Waals surface area contributed by atoms with Crippen molar-refractivity contribution in [3.8, 4) is 0 Å². The van der Waals surface area contributed by atoms with E-state index in [1.54, 1.807) is 18.3 Å². The van der Waals surface area contributed by atoms with Gasteiger partial charge >= 0.3 is 12.1 Å². The normalized spacial score (nSPS) is 10.9. The van der Waals surface area contributed by atoms with Crippen molar-refractivity contribution in [2.45, 2.75) is 19.5 Å². The van der Waals surface area contributed by atoms with Gasteiger partial charge in [0.1, 0.15) is 13.0 Å². The third-order valence-corrected chi connectivity index (χ3v) is 2.49. The van der Waals surface area contributed by atoms with Gasteiger partial charge in [-0.25, -0.2) is 4.79 Å². The third kappa shape index (κ3) is 5.81. The van der Waals surface area contributed by atoms with Crippen LogP contribution in [0.5, 0.6) is 0 Å². The molecule has 0 saturated carbocycles. The van der Waals surface area contributed by atoms with E-state index in [1.807, 2.05) is 0 Å². The van der Waals surface area contributed by atoms with E-state index in [2.05, 4.69) is 5.32 Å². The second-order valence-electron chi connectivity index (χ2n) is 4.47. The number of anilines is 1. The van der Waals surface area contributed by atoms with Crippen LogP contribution in [0.3, 0.4) is 0 Å². The Bertz CT molecular complexity index is 599. The van der Waals surface area contributed by atoms with Gasteiger partial charge in [0.05, 0.1) is 11.3 Å². The molecule has 0 aromatic heterocycles. The highest BCUT2D eigenvalue weighted by atomic mass is 19.4. The number of benzene rings is 1. The van der Waals surface area contributed by atoms with Crippen molar-refractivity contribution in [3.05, 3.63) is 29.3 Å². The molecule has 9 heteroatoms. The molecule has 3 N–H and O–H groups in total. The summed E-state index contributed by atoms with van der Waals surface area (Å²) in [7, 11) is 0. The molecule has 0 saturated heterocycles. The Morgan fingerprint density at radius 3 is 2.36 bits per heavy atom. The Morgan fingerprint density at radius 2 is 1.82 bits per heavy atom. The van der Waals surface area contributed by atoms with Gasteiger partial charge in [0, 0.05) is 0 Å². The van der Waals surface area contributed by atoms with Gasteiger partial charge in [0.25, 0.3) is 0 Å². The Kier molecular flexibility index (Phi) is 5.50. The van der Waals surface area contributed by atoms with Crippen LogP contribution in [-0.2, 0) is 9.59 Å². The number of alkyl halides is 3. The minimum atomic E-state index is -4.57. The highest BCUT2D eigenvalue weighted by molar-refractivity contribution is 6.06. The molecule has 2 amide bonds. The summed E-state index contributed by atoms with van der Waals surface area (Å²) in [4.78, 5) is 33.8. The van der Waals surface area contributed by atoms with E-state index in [0.29, 0.717) is 5.56 Å². The number of rotatable bonds is 5. The lowest BCUT2D eigenvalue weighted by atomic mass is 10.1. The van der Waals surface area contributed by atoms with Gasteiger partial charge in [-0.05, 0) is 19.1 Å². The topological polar surface area (TPSA) is 95.5 Å². The molecule has 0 aliphatic carbocycles. The molecule has 0 aliphatic rings. The predicted octanol–water partition coefficient (Wildman–Crippen LogP) is 1.70. The van der Waals surface area contributed by atoms with Crippen LogP contribution in [0.2, 0.25) is 0 Å². The van der Waals surface area contributed by atoms with Crippen molar-refractivity contribution in [2.24, 2.45) is 0 Å². The van der Waals surface area contributed by atoms with Gasteiger partial charge in [0.15, 0.2) is 0 Å². The van der Waals surface area contributed by atoms with Crippen LogP contribution in [0, 0.1) is 6.92 Å². The fourth-order valence-electron chi connectivity index (χ4n) is 1.55. The van der Waals surface area contributed by atoms with Crippen molar-refractivity contribution in [1.29, 1.82) is 0 Å². The average Bonchev–Trinajstić information content (AvgIpc) is 2.37. The van der Waals surface area contributed by atoms with Gasteiger partial charge in [-0.15, -0.1) is 0 Å². The number of aromatic carboxylic acids is 1. The lowest BCUT2D eigenvalue weighted by Crippen LogP contribution is -2.35. The zero-order chi connectivity index (χ0) is 16.9. The smallest absolute Gasteiger partial charge is 0.405 e. The highest BCUT2D eigenvalue weighted by Gasteiger charge is 2.28. The second-order valence-corrected chi connectivity index (χ2v) is 4.47. The minimum absolute atomic E-state index is 0.0354. The molecule has 0 aliphatic heterocycles. The number of nitrogens with one attached hydrogen (secondary N) is 2. The van der Waals surface area contributed by atoms with Gasteiger partial charge in [-0.3, -0.25) is 9.59 Å². The molecule has 0 bridgehead atoms. The summed E-state index contributed by atoms with van der Waals surface area (Å²) in [6.07, 6.45) is -5.41. The molecule has 0 radical (unpaired) electrons. The van der Waals surface area contributed by atoms with Gasteiger partial charge in [-0.1, -0.05) is 11.6 Å². The van der Waals surface area contributed by atoms with E-state index < -0.39 is 36.9 Å². The zero-order valence-electron chi connectivity index (χ0n) is 11.5. The largest absolute Gasteiger partial charge is 0.478 e. The first-order valence-electron chi connectivity index (χ1n) is 6.06. The molecule has 1 rings (SSSR count). The fourth-order valence-corrected chi connectivity index (χ4v) is 1.55. The molecule has 1 aromatic carbocycles.